The zero-order chi connectivity index (χ0) is 12.7. The van der Waals surface area contributed by atoms with Crippen LogP contribution in [0, 0.1) is 22.0 Å². The molecule has 1 heterocycles. The van der Waals surface area contributed by atoms with Crippen molar-refractivity contribution in [3.05, 3.63) is 28.5 Å². The minimum absolute atomic E-state index is 0.396. The molecule has 1 aromatic carbocycles. The number of aromatic nitrogens is 2. The van der Waals surface area contributed by atoms with Gasteiger partial charge in [0.2, 0.25) is 0 Å². The lowest BCUT2D eigenvalue weighted by Crippen LogP contribution is -2.06. The molecule has 0 spiro atoms. The van der Waals surface area contributed by atoms with E-state index in [1.165, 1.54) is 19.3 Å². The van der Waals surface area contributed by atoms with Crippen molar-refractivity contribution in [1.82, 2.24) is 9.55 Å². The highest BCUT2D eigenvalue weighted by molar-refractivity contribution is 7.71. The molecule has 18 heavy (non-hydrogen) atoms. The molecule has 2 aromatic rings. The second-order valence-corrected chi connectivity index (χ2v) is 5.56. The molecule has 1 aliphatic carbocycles. The molecule has 4 heteroatoms. The topological polar surface area (TPSA) is 44.5 Å². The lowest BCUT2D eigenvalue weighted by Gasteiger charge is -2.14. The van der Waals surface area contributed by atoms with Crippen LogP contribution in [0.5, 0.6) is 0 Å². The van der Waals surface area contributed by atoms with Gasteiger partial charge in [-0.3, -0.25) is 0 Å². The van der Waals surface area contributed by atoms with Crippen LogP contribution in [0.25, 0.3) is 11.0 Å². The molecule has 1 fully saturated rings. The number of nitrogens with one attached hydrogen (secondary N) is 1. The standard InChI is InChI=1S/C14H15N3S/c1-9(6-10-2-3-10)17-13-7-11(8-15)4-5-12(13)16-14(17)18/h4-5,7,9-10H,2-3,6H2,1H3,(H,16,18). The average molecular weight is 257 g/mol. The molecule has 1 aromatic heterocycles. The highest BCUT2D eigenvalue weighted by Crippen LogP contribution is 2.37. The third-order valence-corrected chi connectivity index (χ3v) is 3.96. The summed E-state index contributed by atoms with van der Waals surface area (Å²) in [6.07, 6.45) is 3.88. The largest absolute Gasteiger partial charge is 0.331 e. The Morgan fingerprint density at radius 3 is 3.00 bits per heavy atom. The normalized spacial score (nSPS) is 16.7. The first-order valence-electron chi connectivity index (χ1n) is 6.33. The highest BCUT2D eigenvalue weighted by atomic mass is 32.1. The van der Waals surface area contributed by atoms with E-state index < -0.39 is 0 Å². The fourth-order valence-corrected chi connectivity index (χ4v) is 2.96. The Labute approximate surface area is 111 Å². The van der Waals surface area contributed by atoms with Gasteiger partial charge in [0.05, 0.1) is 22.7 Å². The van der Waals surface area contributed by atoms with Gasteiger partial charge in [0.15, 0.2) is 4.77 Å². The Balaban J connectivity index is 2.11. The predicted octanol–water partition coefficient (Wildman–Crippen LogP) is 3.93. The summed E-state index contributed by atoms with van der Waals surface area (Å²) in [6, 6.07) is 8.26. The first-order valence-corrected chi connectivity index (χ1v) is 6.74. The summed E-state index contributed by atoms with van der Waals surface area (Å²) < 4.78 is 2.91. The number of rotatable bonds is 3. The van der Waals surface area contributed by atoms with Crippen molar-refractivity contribution in [2.45, 2.75) is 32.2 Å². The number of hydrogen-bond acceptors (Lipinski definition) is 2. The van der Waals surface area contributed by atoms with E-state index in [2.05, 4.69) is 22.5 Å². The van der Waals surface area contributed by atoms with Crippen LogP contribution >= 0.6 is 12.2 Å². The van der Waals surface area contributed by atoms with Gasteiger partial charge in [0.25, 0.3) is 0 Å². The molecule has 0 amide bonds. The molecule has 92 valence electrons. The van der Waals surface area contributed by atoms with Gasteiger partial charge in [-0.15, -0.1) is 0 Å². The van der Waals surface area contributed by atoms with Gasteiger partial charge >= 0.3 is 0 Å². The van der Waals surface area contributed by atoms with E-state index in [4.69, 9.17) is 17.5 Å². The first-order chi connectivity index (χ1) is 8.69. The minimum atomic E-state index is 0.396. The molecule has 1 atom stereocenters. The van der Waals surface area contributed by atoms with Crippen molar-refractivity contribution in [2.24, 2.45) is 5.92 Å². The second kappa shape index (κ2) is 4.25. The number of benzene rings is 1. The van der Waals surface area contributed by atoms with E-state index in [0.717, 1.165) is 21.7 Å². The summed E-state index contributed by atoms with van der Waals surface area (Å²) in [5, 5.41) is 8.99. The summed E-state index contributed by atoms with van der Waals surface area (Å²) in [4.78, 5) is 3.22. The van der Waals surface area contributed by atoms with E-state index in [0.29, 0.717) is 11.6 Å². The molecule has 3 rings (SSSR count). The van der Waals surface area contributed by atoms with Gasteiger partial charge in [-0.1, -0.05) is 12.8 Å². The van der Waals surface area contributed by atoms with Crippen molar-refractivity contribution in [1.29, 1.82) is 5.26 Å². The number of nitrogens with zero attached hydrogens (tertiary/aromatic N) is 2. The Morgan fingerprint density at radius 2 is 2.33 bits per heavy atom. The maximum Gasteiger partial charge on any atom is 0.178 e. The molecule has 1 aliphatic rings. The molecular weight excluding hydrogens is 242 g/mol. The number of imidazole rings is 1. The van der Waals surface area contributed by atoms with E-state index in [-0.39, 0.29) is 0 Å². The van der Waals surface area contributed by atoms with E-state index in [9.17, 15) is 0 Å². The first kappa shape index (κ1) is 11.5. The number of hydrogen-bond donors (Lipinski definition) is 1. The Bertz CT molecular complexity index is 685. The van der Waals surface area contributed by atoms with Crippen molar-refractivity contribution in [3.63, 3.8) is 0 Å². The van der Waals surface area contributed by atoms with Crippen LogP contribution in [0.3, 0.4) is 0 Å². The zero-order valence-electron chi connectivity index (χ0n) is 10.3. The summed E-state index contributed by atoms with van der Waals surface area (Å²) in [5.74, 6) is 0.867. The van der Waals surface area contributed by atoms with Gasteiger partial charge in [-0.05, 0) is 49.7 Å². The molecular formula is C14H15N3S. The van der Waals surface area contributed by atoms with Crippen molar-refractivity contribution in [2.75, 3.05) is 0 Å². The lowest BCUT2D eigenvalue weighted by atomic mass is 10.1. The van der Waals surface area contributed by atoms with Crippen LogP contribution in [0.15, 0.2) is 18.2 Å². The van der Waals surface area contributed by atoms with E-state index >= 15 is 0 Å². The third kappa shape index (κ3) is 1.95. The Kier molecular flexibility index (Phi) is 2.71. The molecule has 1 N–H and O–H groups in total. The average Bonchev–Trinajstić information content (AvgIpc) is 3.08. The molecule has 3 nitrogen and oxygen atoms in total. The highest BCUT2D eigenvalue weighted by Gasteiger charge is 2.25. The SMILES string of the molecule is CC(CC1CC1)n1c(=S)[nH]c2ccc(C#N)cc21. The number of H-pyrrole nitrogens is 1. The third-order valence-electron chi connectivity index (χ3n) is 3.66. The second-order valence-electron chi connectivity index (χ2n) is 5.17. The molecule has 0 aliphatic heterocycles. The molecule has 0 saturated heterocycles. The maximum absolute atomic E-state index is 8.99. The summed E-state index contributed by atoms with van der Waals surface area (Å²) in [5.41, 5.74) is 2.75. The van der Waals surface area contributed by atoms with Crippen molar-refractivity contribution >= 4 is 23.3 Å². The van der Waals surface area contributed by atoms with Crippen LogP contribution < -0.4 is 0 Å². The molecule has 0 bridgehead atoms. The van der Waals surface area contributed by atoms with Gasteiger partial charge in [-0.2, -0.15) is 5.26 Å². The van der Waals surface area contributed by atoms with E-state index in [1.807, 2.05) is 18.2 Å². The van der Waals surface area contributed by atoms with E-state index in [1.54, 1.807) is 0 Å². The van der Waals surface area contributed by atoms with Gasteiger partial charge in [-0.25, -0.2) is 0 Å². The number of fused-ring (bicyclic) bond motifs is 1. The quantitative estimate of drug-likeness (QED) is 0.847. The molecule has 1 saturated carbocycles. The van der Waals surface area contributed by atoms with Gasteiger partial charge in [0.1, 0.15) is 0 Å². The Hall–Kier alpha value is -1.60. The number of nitriles is 1. The lowest BCUT2D eigenvalue weighted by molar-refractivity contribution is 0.483. The van der Waals surface area contributed by atoms with Gasteiger partial charge < -0.3 is 9.55 Å². The minimum Gasteiger partial charge on any atom is -0.331 e. The van der Waals surface area contributed by atoms with Crippen molar-refractivity contribution < 1.29 is 0 Å². The summed E-state index contributed by atoms with van der Waals surface area (Å²) in [7, 11) is 0. The number of aromatic amines is 1. The van der Waals surface area contributed by atoms with Crippen LogP contribution in [-0.2, 0) is 0 Å². The molecule has 1 unspecified atom stereocenters. The van der Waals surface area contributed by atoms with Crippen LogP contribution in [-0.4, -0.2) is 9.55 Å². The van der Waals surface area contributed by atoms with Crippen LogP contribution in [0.2, 0.25) is 0 Å². The fraction of sp³-hybridized carbons (Fsp3) is 0.429. The molecule has 0 radical (unpaired) electrons. The van der Waals surface area contributed by atoms with Gasteiger partial charge in [0, 0.05) is 6.04 Å². The summed E-state index contributed by atoms with van der Waals surface area (Å²) >= 11 is 5.41. The maximum atomic E-state index is 8.99. The van der Waals surface area contributed by atoms with Crippen LogP contribution in [0.4, 0.5) is 0 Å². The smallest absolute Gasteiger partial charge is 0.178 e. The zero-order valence-corrected chi connectivity index (χ0v) is 11.1. The monoisotopic (exact) mass is 257 g/mol. The van der Waals surface area contributed by atoms with Crippen molar-refractivity contribution in [3.8, 4) is 6.07 Å². The van der Waals surface area contributed by atoms with Crippen LogP contribution in [0.1, 0.15) is 37.8 Å². The fourth-order valence-electron chi connectivity index (χ4n) is 2.57. The Morgan fingerprint density at radius 1 is 1.56 bits per heavy atom. The summed E-state index contributed by atoms with van der Waals surface area (Å²) in [6.45, 7) is 2.21. The predicted molar refractivity (Wildman–Crippen MR) is 73.9 cm³/mol.